The van der Waals surface area contributed by atoms with Crippen LogP contribution in [0.1, 0.15) is 48.9 Å². The van der Waals surface area contributed by atoms with Crippen molar-refractivity contribution >= 4 is 23.4 Å². The third kappa shape index (κ3) is 2.43. The number of benzene rings is 1. The lowest BCUT2D eigenvalue weighted by atomic mass is 9.81. The predicted octanol–water partition coefficient (Wildman–Crippen LogP) is 2.60. The van der Waals surface area contributed by atoms with Crippen molar-refractivity contribution in [1.29, 1.82) is 0 Å². The maximum Gasteiger partial charge on any atom is 0.253 e. The first-order valence-corrected chi connectivity index (χ1v) is 8.94. The first-order chi connectivity index (χ1) is 11.7. The quantitative estimate of drug-likeness (QED) is 0.785. The number of rotatable bonds is 2. The van der Waals surface area contributed by atoms with Gasteiger partial charge in [-0.3, -0.25) is 19.3 Å². The number of hydrogen-bond acceptors (Lipinski definition) is 3. The topological polar surface area (TPSA) is 57.7 Å². The first-order valence-electron chi connectivity index (χ1n) is 8.94. The van der Waals surface area contributed by atoms with Crippen molar-refractivity contribution in [2.45, 2.75) is 38.5 Å². The third-order valence-corrected chi connectivity index (χ3v) is 5.61. The van der Waals surface area contributed by atoms with Crippen LogP contribution in [-0.2, 0) is 9.59 Å². The number of nitrogens with zero attached hydrogens (tertiary/aromatic N) is 2. The number of likely N-dealkylation sites (tertiary alicyclic amines) is 1. The van der Waals surface area contributed by atoms with Gasteiger partial charge in [0.1, 0.15) is 0 Å². The lowest BCUT2D eigenvalue weighted by Gasteiger charge is -2.19. The van der Waals surface area contributed by atoms with E-state index in [9.17, 15) is 14.4 Å². The van der Waals surface area contributed by atoms with Gasteiger partial charge in [-0.2, -0.15) is 0 Å². The van der Waals surface area contributed by atoms with Gasteiger partial charge in [0.15, 0.2) is 0 Å². The van der Waals surface area contributed by atoms with Crippen LogP contribution >= 0.6 is 0 Å². The molecular weight excluding hydrogens is 304 g/mol. The maximum atomic E-state index is 12.6. The Bertz CT molecular complexity index is 652. The zero-order valence-electron chi connectivity index (χ0n) is 13.7. The lowest BCUT2D eigenvalue weighted by molar-refractivity contribution is -0.122. The molecule has 0 unspecified atom stereocenters. The second-order valence-corrected chi connectivity index (χ2v) is 7.06. The average Bonchev–Trinajstić information content (AvgIpc) is 3.23. The fourth-order valence-electron chi connectivity index (χ4n) is 4.27. The molecule has 1 aromatic carbocycles. The first kappa shape index (κ1) is 15.4. The molecule has 2 heterocycles. The summed E-state index contributed by atoms with van der Waals surface area (Å²) in [4.78, 5) is 40.8. The van der Waals surface area contributed by atoms with Gasteiger partial charge >= 0.3 is 0 Å². The number of amides is 3. The Morgan fingerprint density at radius 2 is 1.38 bits per heavy atom. The Labute approximate surface area is 141 Å². The van der Waals surface area contributed by atoms with Crippen LogP contribution in [-0.4, -0.2) is 35.7 Å². The molecule has 0 N–H and O–H groups in total. The van der Waals surface area contributed by atoms with Gasteiger partial charge in [-0.15, -0.1) is 0 Å². The van der Waals surface area contributed by atoms with Gasteiger partial charge in [-0.1, -0.05) is 12.8 Å². The van der Waals surface area contributed by atoms with Gasteiger partial charge in [-0.05, 0) is 49.9 Å². The zero-order chi connectivity index (χ0) is 16.7. The van der Waals surface area contributed by atoms with Crippen LogP contribution in [0.5, 0.6) is 0 Å². The largest absolute Gasteiger partial charge is 0.339 e. The smallest absolute Gasteiger partial charge is 0.253 e. The van der Waals surface area contributed by atoms with Crippen LogP contribution in [0.3, 0.4) is 0 Å². The summed E-state index contributed by atoms with van der Waals surface area (Å²) in [6, 6.07) is 6.93. The molecule has 0 spiro atoms. The standard InChI is InChI=1S/C19H22N2O3/c22-17(20-11-3-4-12-20)13-7-9-14(10-8-13)21-18(23)15-5-1-2-6-16(15)19(21)24/h7-10,15-16H,1-6,11-12H2/t15-,16+. The van der Waals surface area contributed by atoms with Crippen molar-refractivity contribution in [2.24, 2.45) is 11.8 Å². The lowest BCUT2D eigenvalue weighted by Crippen LogP contribution is -2.31. The van der Waals surface area contributed by atoms with Gasteiger partial charge in [0.2, 0.25) is 11.8 Å². The number of imide groups is 1. The Morgan fingerprint density at radius 3 is 1.92 bits per heavy atom. The highest BCUT2D eigenvalue weighted by atomic mass is 16.2. The van der Waals surface area contributed by atoms with Crippen LogP contribution in [0.25, 0.3) is 0 Å². The van der Waals surface area contributed by atoms with E-state index in [2.05, 4.69) is 0 Å². The molecule has 5 nitrogen and oxygen atoms in total. The SMILES string of the molecule is O=C(c1ccc(N2C(=O)[C@H]3CCCC[C@H]3C2=O)cc1)N1CCCC1. The molecule has 24 heavy (non-hydrogen) atoms. The highest BCUT2D eigenvalue weighted by molar-refractivity contribution is 6.22. The molecule has 1 aromatic rings. The number of carbonyl (C=O) groups is 3. The number of anilines is 1. The van der Waals surface area contributed by atoms with Gasteiger partial charge in [-0.25, -0.2) is 0 Å². The Kier molecular flexibility index (Phi) is 3.87. The van der Waals surface area contributed by atoms with E-state index in [1.807, 2.05) is 4.90 Å². The molecular formula is C19H22N2O3. The Balaban J connectivity index is 1.55. The highest BCUT2D eigenvalue weighted by Crippen LogP contribution is 2.40. The molecule has 1 aliphatic carbocycles. The van der Waals surface area contributed by atoms with Crippen molar-refractivity contribution < 1.29 is 14.4 Å². The van der Waals surface area contributed by atoms with Gasteiger partial charge in [0, 0.05) is 18.7 Å². The highest BCUT2D eigenvalue weighted by Gasteiger charge is 2.48. The van der Waals surface area contributed by atoms with Crippen LogP contribution in [0.2, 0.25) is 0 Å². The van der Waals surface area contributed by atoms with Crippen molar-refractivity contribution in [1.82, 2.24) is 4.90 Å². The van der Waals surface area contributed by atoms with E-state index < -0.39 is 0 Å². The molecule has 4 rings (SSSR count). The number of carbonyl (C=O) groups excluding carboxylic acids is 3. The van der Waals surface area contributed by atoms with E-state index in [-0.39, 0.29) is 29.6 Å². The second-order valence-electron chi connectivity index (χ2n) is 7.06. The molecule has 1 saturated carbocycles. The summed E-state index contributed by atoms with van der Waals surface area (Å²) >= 11 is 0. The van der Waals surface area contributed by atoms with Crippen molar-refractivity contribution in [2.75, 3.05) is 18.0 Å². The summed E-state index contributed by atoms with van der Waals surface area (Å²) in [6.45, 7) is 1.63. The molecule has 0 bridgehead atoms. The normalized spacial score (nSPS) is 26.8. The van der Waals surface area contributed by atoms with E-state index in [0.717, 1.165) is 51.6 Å². The van der Waals surface area contributed by atoms with E-state index in [4.69, 9.17) is 0 Å². The Hall–Kier alpha value is -2.17. The zero-order valence-corrected chi connectivity index (χ0v) is 13.7. The number of fused-ring (bicyclic) bond motifs is 1. The molecule has 126 valence electrons. The van der Waals surface area contributed by atoms with Crippen LogP contribution < -0.4 is 4.90 Å². The molecule has 0 aromatic heterocycles. The van der Waals surface area contributed by atoms with Crippen LogP contribution in [0.4, 0.5) is 5.69 Å². The summed E-state index contributed by atoms with van der Waals surface area (Å²) in [6.07, 6.45) is 5.80. The summed E-state index contributed by atoms with van der Waals surface area (Å²) in [7, 11) is 0. The van der Waals surface area contributed by atoms with E-state index >= 15 is 0 Å². The summed E-state index contributed by atoms with van der Waals surface area (Å²) < 4.78 is 0. The monoisotopic (exact) mass is 326 g/mol. The minimum Gasteiger partial charge on any atom is -0.339 e. The van der Waals surface area contributed by atoms with Crippen LogP contribution in [0, 0.1) is 11.8 Å². The summed E-state index contributed by atoms with van der Waals surface area (Å²) in [5.74, 6) is -0.382. The number of hydrogen-bond donors (Lipinski definition) is 0. The van der Waals surface area contributed by atoms with Crippen molar-refractivity contribution in [3.63, 3.8) is 0 Å². The van der Waals surface area contributed by atoms with Crippen molar-refractivity contribution in [3.05, 3.63) is 29.8 Å². The van der Waals surface area contributed by atoms with Crippen LogP contribution in [0.15, 0.2) is 24.3 Å². The molecule has 5 heteroatoms. The van der Waals surface area contributed by atoms with Gasteiger partial charge in [0.25, 0.3) is 5.91 Å². The second kappa shape index (κ2) is 6.04. The average molecular weight is 326 g/mol. The fraction of sp³-hybridized carbons (Fsp3) is 0.526. The predicted molar refractivity (Wildman–Crippen MR) is 89.5 cm³/mol. The molecule has 2 aliphatic heterocycles. The molecule has 2 atom stereocenters. The van der Waals surface area contributed by atoms with Gasteiger partial charge < -0.3 is 4.90 Å². The molecule has 3 aliphatic rings. The third-order valence-electron chi connectivity index (χ3n) is 5.61. The van der Waals surface area contributed by atoms with E-state index in [1.165, 1.54) is 4.90 Å². The van der Waals surface area contributed by atoms with E-state index in [0.29, 0.717) is 11.3 Å². The minimum atomic E-state index is -0.142. The van der Waals surface area contributed by atoms with Gasteiger partial charge in [0.05, 0.1) is 17.5 Å². The maximum absolute atomic E-state index is 12.6. The molecule has 3 amide bonds. The fourth-order valence-corrected chi connectivity index (χ4v) is 4.27. The molecule has 0 radical (unpaired) electrons. The summed E-state index contributed by atoms with van der Waals surface area (Å²) in [5, 5.41) is 0. The molecule has 2 saturated heterocycles. The molecule has 3 fully saturated rings. The van der Waals surface area contributed by atoms with E-state index in [1.54, 1.807) is 24.3 Å². The summed E-state index contributed by atoms with van der Waals surface area (Å²) in [5.41, 5.74) is 1.22. The Morgan fingerprint density at radius 1 is 0.833 bits per heavy atom. The minimum absolute atomic E-state index is 0.0341. The van der Waals surface area contributed by atoms with Crippen molar-refractivity contribution in [3.8, 4) is 0 Å².